The maximum absolute atomic E-state index is 12.8. The van der Waals surface area contributed by atoms with Gasteiger partial charge in [0.1, 0.15) is 17.1 Å². The fourth-order valence-corrected chi connectivity index (χ4v) is 4.85. The lowest BCUT2D eigenvalue weighted by atomic mass is 9.72. The average molecular weight is 476 g/mol. The number of nitrogens with zero attached hydrogens (tertiary/aromatic N) is 1. The van der Waals surface area contributed by atoms with Gasteiger partial charge in [-0.2, -0.15) is 0 Å². The molecule has 5 nitrogen and oxygen atoms in total. The second-order valence-electron chi connectivity index (χ2n) is 9.07. The first kappa shape index (κ1) is 25.2. The molecule has 186 valence electrons. The summed E-state index contributed by atoms with van der Waals surface area (Å²) >= 11 is 0. The molecule has 0 saturated carbocycles. The Hall–Kier alpha value is -2.86. The number of hydrogen-bond donors (Lipinski definition) is 1. The standard InChI is InChI=1S/C30H37NO4/c1-3-4-20-35-26-16-14-25(15-17-26)30(32,27-12-8-9-13-29(27)33-2)28(24-10-6-5-7-11-24)23-31-18-21-34-22-19-31/h5-17,28,32H,3-4,18-23H2,1-2H3. The third kappa shape index (κ3) is 5.87. The van der Waals surface area contributed by atoms with Crippen LogP contribution in [0.4, 0.5) is 0 Å². The van der Waals surface area contributed by atoms with E-state index >= 15 is 0 Å². The second-order valence-corrected chi connectivity index (χ2v) is 9.07. The smallest absolute Gasteiger partial charge is 0.126 e. The highest BCUT2D eigenvalue weighted by molar-refractivity contribution is 5.49. The van der Waals surface area contributed by atoms with Crippen molar-refractivity contribution in [1.82, 2.24) is 4.90 Å². The quantitative estimate of drug-likeness (QED) is 0.385. The summed E-state index contributed by atoms with van der Waals surface area (Å²) in [6.45, 7) is 6.63. The Kier molecular flexibility index (Phi) is 8.80. The summed E-state index contributed by atoms with van der Waals surface area (Å²) in [7, 11) is 1.66. The van der Waals surface area contributed by atoms with Crippen molar-refractivity contribution in [3.8, 4) is 11.5 Å². The summed E-state index contributed by atoms with van der Waals surface area (Å²) in [5.74, 6) is 1.25. The summed E-state index contributed by atoms with van der Waals surface area (Å²) in [6, 6.07) is 26.0. The van der Waals surface area contributed by atoms with E-state index < -0.39 is 5.60 Å². The zero-order valence-electron chi connectivity index (χ0n) is 20.9. The largest absolute Gasteiger partial charge is 0.496 e. The zero-order chi connectivity index (χ0) is 24.5. The van der Waals surface area contributed by atoms with Crippen LogP contribution in [0.1, 0.15) is 42.4 Å². The van der Waals surface area contributed by atoms with Crippen LogP contribution in [0.5, 0.6) is 11.5 Å². The molecular weight excluding hydrogens is 438 g/mol. The fraction of sp³-hybridized carbons (Fsp3) is 0.400. The van der Waals surface area contributed by atoms with Crippen LogP contribution >= 0.6 is 0 Å². The maximum Gasteiger partial charge on any atom is 0.126 e. The second kappa shape index (κ2) is 12.2. The number of unbranched alkanes of at least 4 members (excludes halogenated alkanes) is 1. The van der Waals surface area contributed by atoms with Crippen molar-refractivity contribution in [3.05, 3.63) is 95.6 Å². The van der Waals surface area contributed by atoms with Crippen molar-refractivity contribution in [2.24, 2.45) is 0 Å². The molecule has 0 bridgehead atoms. The summed E-state index contributed by atoms with van der Waals surface area (Å²) in [5, 5.41) is 12.8. The predicted molar refractivity (Wildman–Crippen MR) is 139 cm³/mol. The van der Waals surface area contributed by atoms with Crippen molar-refractivity contribution in [3.63, 3.8) is 0 Å². The molecule has 1 N–H and O–H groups in total. The van der Waals surface area contributed by atoms with E-state index in [0.717, 1.165) is 48.4 Å². The van der Waals surface area contributed by atoms with Crippen molar-refractivity contribution in [2.45, 2.75) is 31.3 Å². The van der Waals surface area contributed by atoms with E-state index in [0.29, 0.717) is 32.1 Å². The number of methoxy groups -OCH3 is 1. The summed E-state index contributed by atoms with van der Waals surface area (Å²) in [4.78, 5) is 2.38. The molecule has 1 saturated heterocycles. The van der Waals surface area contributed by atoms with Gasteiger partial charge < -0.3 is 19.3 Å². The number of aliphatic hydroxyl groups is 1. The SMILES string of the molecule is CCCCOc1ccc(C(O)(c2ccccc2OC)C(CN2CCOCC2)c2ccccc2)cc1. The highest BCUT2D eigenvalue weighted by Crippen LogP contribution is 2.46. The van der Waals surface area contributed by atoms with Crippen LogP contribution in [-0.2, 0) is 10.3 Å². The molecule has 4 rings (SSSR count). The number of ether oxygens (including phenoxy) is 3. The molecule has 0 aromatic heterocycles. The van der Waals surface area contributed by atoms with Gasteiger partial charge in [-0.15, -0.1) is 0 Å². The molecule has 2 atom stereocenters. The van der Waals surface area contributed by atoms with Gasteiger partial charge in [0, 0.05) is 31.1 Å². The Labute approximate surface area is 209 Å². The molecule has 35 heavy (non-hydrogen) atoms. The molecule has 3 aromatic carbocycles. The normalized spacial score (nSPS) is 16.9. The minimum Gasteiger partial charge on any atom is -0.496 e. The first-order valence-electron chi connectivity index (χ1n) is 12.6. The van der Waals surface area contributed by atoms with Gasteiger partial charge >= 0.3 is 0 Å². The van der Waals surface area contributed by atoms with Crippen molar-refractivity contribution < 1.29 is 19.3 Å². The molecule has 2 unspecified atom stereocenters. The van der Waals surface area contributed by atoms with Crippen LogP contribution in [0.2, 0.25) is 0 Å². The number of morpholine rings is 1. The number of hydrogen-bond acceptors (Lipinski definition) is 5. The first-order valence-corrected chi connectivity index (χ1v) is 12.6. The van der Waals surface area contributed by atoms with Crippen LogP contribution < -0.4 is 9.47 Å². The Balaban J connectivity index is 1.81. The van der Waals surface area contributed by atoms with Gasteiger partial charge in [-0.25, -0.2) is 0 Å². The molecule has 0 spiro atoms. The molecule has 1 fully saturated rings. The lowest BCUT2D eigenvalue weighted by Crippen LogP contribution is -2.45. The Morgan fingerprint density at radius 1 is 0.943 bits per heavy atom. The highest BCUT2D eigenvalue weighted by Gasteiger charge is 2.44. The number of para-hydroxylation sites is 1. The van der Waals surface area contributed by atoms with E-state index in [1.165, 1.54) is 0 Å². The maximum atomic E-state index is 12.8. The van der Waals surface area contributed by atoms with Crippen LogP contribution in [0.15, 0.2) is 78.9 Å². The van der Waals surface area contributed by atoms with Gasteiger partial charge in [-0.3, -0.25) is 4.90 Å². The molecule has 5 heteroatoms. The molecule has 3 aromatic rings. The van der Waals surface area contributed by atoms with E-state index in [9.17, 15) is 5.11 Å². The molecule has 1 heterocycles. The van der Waals surface area contributed by atoms with Crippen LogP contribution in [-0.4, -0.2) is 56.6 Å². The van der Waals surface area contributed by atoms with Crippen LogP contribution in [0, 0.1) is 0 Å². The monoisotopic (exact) mass is 475 g/mol. The highest BCUT2D eigenvalue weighted by atomic mass is 16.5. The Bertz CT molecular complexity index is 1030. The molecule has 0 radical (unpaired) electrons. The lowest BCUT2D eigenvalue weighted by molar-refractivity contribution is -0.000153. The molecule has 0 amide bonds. The van der Waals surface area contributed by atoms with Crippen molar-refractivity contribution in [1.29, 1.82) is 0 Å². The number of rotatable bonds is 11. The molecular formula is C30H37NO4. The van der Waals surface area contributed by atoms with Gasteiger partial charge in [0.05, 0.1) is 26.9 Å². The predicted octanol–water partition coefficient (Wildman–Crippen LogP) is 5.23. The number of benzene rings is 3. The minimum atomic E-state index is -1.33. The van der Waals surface area contributed by atoms with Gasteiger partial charge in [0.2, 0.25) is 0 Å². The summed E-state index contributed by atoms with van der Waals surface area (Å²) < 4.78 is 17.3. The van der Waals surface area contributed by atoms with E-state index in [4.69, 9.17) is 14.2 Å². The van der Waals surface area contributed by atoms with Crippen molar-refractivity contribution in [2.75, 3.05) is 46.6 Å². The van der Waals surface area contributed by atoms with Crippen molar-refractivity contribution >= 4 is 0 Å². The molecule has 1 aliphatic heterocycles. The van der Waals surface area contributed by atoms with Gasteiger partial charge in [0.15, 0.2) is 0 Å². The fourth-order valence-electron chi connectivity index (χ4n) is 4.85. The topological polar surface area (TPSA) is 51.2 Å². The lowest BCUT2D eigenvalue weighted by Gasteiger charge is -2.41. The third-order valence-electron chi connectivity index (χ3n) is 6.83. The average Bonchev–Trinajstić information content (AvgIpc) is 2.93. The van der Waals surface area contributed by atoms with Gasteiger partial charge in [0.25, 0.3) is 0 Å². The van der Waals surface area contributed by atoms with E-state index in [1.54, 1.807) is 7.11 Å². The Morgan fingerprint density at radius 3 is 2.31 bits per heavy atom. The van der Waals surface area contributed by atoms with E-state index in [2.05, 4.69) is 24.0 Å². The minimum absolute atomic E-state index is 0.232. The summed E-state index contributed by atoms with van der Waals surface area (Å²) in [6.07, 6.45) is 2.11. The van der Waals surface area contributed by atoms with Gasteiger partial charge in [-0.1, -0.05) is 74.0 Å². The van der Waals surface area contributed by atoms with E-state index in [1.807, 2.05) is 66.7 Å². The zero-order valence-corrected chi connectivity index (χ0v) is 20.9. The van der Waals surface area contributed by atoms with E-state index in [-0.39, 0.29) is 5.92 Å². The van der Waals surface area contributed by atoms with Gasteiger partial charge in [-0.05, 0) is 35.7 Å². The van der Waals surface area contributed by atoms with Crippen LogP contribution in [0.3, 0.4) is 0 Å². The molecule has 0 aliphatic carbocycles. The Morgan fingerprint density at radius 2 is 1.63 bits per heavy atom. The summed E-state index contributed by atoms with van der Waals surface area (Å²) in [5.41, 5.74) is 1.32. The van der Waals surface area contributed by atoms with Crippen LogP contribution in [0.25, 0.3) is 0 Å². The first-order chi connectivity index (χ1) is 17.2. The third-order valence-corrected chi connectivity index (χ3v) is 6.83. The molecule has 1 aliphatic rings.